The molecular weight excluding hydrogens is 298 g/mol. The van der Waals surface area contributed by atoms with E-state index in [1.54, 1.807) is 11.3 Å². The molecule has 1 aromatic rings. The van der Waals surface area contributed by atoms with E-state index in [9.17, 15) is 0 Å². The van der Waals surface area contributed by atoms with E-state index in [1.165, 1.54) is 43.4 Å². The van der Waals surface area contributed by atoms with Crippen molar-refractivity contribution in [3.63, 3.8) is 0 Å². The Morgan fingerprint density at radius 3 is 2.59 bits per heavy atom. The van der Waals surface area contributed by atoms with Crippen LogP contribution >= 0.6 is 27.3 Å². The molecule has 0 aromatic carbocycles. The quantitative estimate of drug-likeness (QED) is 0.842. The number of hydrogen-bond acceptors (Lipinski definition) is 3. The average molecular weight is 318 g/mol. The summed E-state index contributed by atoms with van der Waals surface area (Å²) in [5.41, 5.74) is 5.84. The predicted molar refractivity (Wildman–Crippen MR) is 76.4 cm³/mol. The largest absolute Gasteiger partial charge is 0.368 e. The Labute approximate surface area is 116 Å². The molecule has 1 aliphatic carbocycles. The van der Waals surface area contributed by atoms with Crippen LogP contribution in [0.3, 0.4) is 0 Å². The van der Waals surface area contributed by atoms with Crippen LogP contribution in [0.5, 0.6) is 0 Å². The summed E-state index contributed by atoms with van der Waals surface area (Å²) in [6.45, 7) is 0.573. The van der Waals surface area contributed by atoms with Crippen molar-refractivity contribution in [3.8, 4) is 0 Å². The van der Waals surface area contributed by atoms with E-state index in [2.05, 4.69) is 27.4 Å². The molecule has 0 bridgehead atoms. The predicted octanol–water partition coefficient (Wildman–Crippen LogP) is 4.25. The topological polar surface area (TPSA) is 35.2 Å². The van der Waals surface area contributed by atoms with Gasteiger partial charge in [0, 0.05) is 21.3 Å². The smallest absolute Gasteiger partial charge is 0.104 e. The lowest BCUT2D eigenvalue weighted by atomic mass is 10.1. The Morgan fingerprint density at radius 2 is 2.06 bits per heavy atom. The molecule has 17 heavy (non-hydrogen) atoms. The van der Waals surface area contributed by atoms with E-state index in [0.29, 0.717) is 12.6 Å². The first-order chi connectivity index (χ1) is 8.29. The molecule has 1 fully saturated rings. The molecule has 1 unspecified atom stereocenters. The Bertz CT molecular complexity index is 334. The molecule has 1 saturated carbocycles. The van der Waals surface area contributed by atoms with Crippen LogP contribution in [0.1, 0.15) is 49.5 Å². The molecule has 0 saturated heterocycles. The Balaban J connectivity index is 1.94. The molecule has 2 rings (SSSR count). The van der Waals surface area contributed by atoms with Crippen LogP contribution in [0, 0.1) is 0 Å². The van der Waals surface area contributed by atoms with Crippen molar-refractivity contribution in [2.45, 2.75) is 50.7 Å². The molecule has 1 heterocycles. The molecule has 1 aromatic heterocycles. The van der Waals surface area contributed by atoms with Gasteiger partial charge in [0.1, 0.15) is 6.10 Å². The van der Waals surface area contributed by atoms with Gasteiger partial charge in [0.05, 0.1) is 6.10 Å². The Kier molecular flexibility index (Phi) is 5.48. The summed E-state index contributed by atoms with van der Waals surface area (Å²) in [5.74, 6) is 0. The number of rotatable bonds is 4. The summed E-state index contributed by atoms with van der Waals surface area (Å²) in [5, 5.41) is 2.09. The summed E-state index contributed by atoms with van der Waals surface area (Å²) in [6.07, 6.45) is 8.20. The average Bonchev–Trinajstić information content (AvgIpc) is 2.62. The minimum Gasteiger partial charge on any atom is -0.368 e. The monoisotopic (exact) mass is 317 g/mol. The summed E-state index contributed by atoms with van der Waals surface area (Å²) in [4.78, 5) is 1.24. The van der Waals surface area contributed by atoms with Gasteiger partial charge in [0.15, 0.2) is 0 Å². The Hall–Kier alpha value is 0.1000. The summed E-state index contributed by atoms with van der Waals surface area (Å²) < 4.78 is 7.31. The highest BCUT2D eigenvalue weighted by molar-refractivity contribution is 9.10. The standard InChI is InChI=1S/C13H20BrNOS/c14-10-7-13(17-9-10)12(8-15)16-11-5-3-1-2-4-6-11/h7,9,11-12H,1-6,8,15H2. The lowest BCUT2D eigenvalue weighted by Crippen LogP contribution is -2.21. The molecule has 1 aliphatic rings. The van der Waals surface area contributed by atoms with Crippen molar-refractivity contribution < 1.29 is 4.74 Å². The first kappa shape index (κ1) is 13.5. The molecule has 0 radical (unpaired) electrons. The van der Waals surface area contributed by atoms with Crippen LogP contribution in [-0.4, -0.2) is 12.6 Å². The maximum Gasteiger partial charge on any atom is 0.104 e. The van der Waals surface area contributed by atoms with Gasteiger partial charge in [-0.15, -0.1) is 11.3 Å². The number of ether oxygens (including phenoxy) is 1. The molecule has 1 atom stereocenters. The van der Waals surface area contributed by atoms with Crippen LogP contribution in [0.2, 0.25) is 0 Å². The third-order valence-electron chi connectivity index (χ3n) is 3.28. The van der Waals surface area contributed by atoms with Crippen molar-refractivity contribution in [2.24, 2.45) is 5.73 Å². The Morgan fingerprint density at radius 1 is 1.35 bits per heavy atom. The minimum absolute atomic E-state index is 0.0781. The second-order valence-corrected chi connectivity index (χ2v) is 6.50. The van der Waals surface area contributed by atoms with Crippen LogP contribution < -0.4 is 5.73 Å². The normalized spacial score (nSPS) is 20.1. The molecular formula is C13H20BrNOS. The highest BCUT2D eigenvalue weighted by Gasteiger charge is 2.19. The van der Waals surface area contributed by atoms with Crippen LogP contribution in [-0.2, 0) is 4.74 Å². The zero-order valence-corrected chi connectivity index (χ0v) is 12.4. The van der Waals surface area contributed by atoms with Gasteiger partial charge in [-0.2, -0.15) is 0 Å². The lowest BCUT2D eigenvalue weighted by molar-refractivity contribution is -0.0143. The van der Waals surface area contributed by atoms with Gasteiger partial charge < -0.3 is 10.5 Å². The molecule has 0 spiro atoms. The van der Waals surface area contributed by atoms with Crippen molar-refractivity contribution in [2.75, 3.05) is 6.54 Å². The fourth-order valence-electron chi connectivity index (χ4n) is 2.35. The van der Waals surface area contributed by atoms with Crippen molar-refractivity contribution >= 4 is 27.3 Å². The van der Waals surface area contributed by atoms with Gasteiger partial charge >= 0.3 is 0 Å². The third-order valence-corrected chi connectivity index (χ3v) is 5.06. The minimum atomic E-state index is 0.0781. The summed E-state index contributed by atoms with van der Waals surface area (Å²) in [6, 6.07) is 2.12. The van der Waals surface area contributed by atoms with E-state index < -0.39 is 0 Å². The lowest BCUT2D eigenvalue weighted by Gasteiger charge is -2.22. The number of nitrogens with two attached hydrogens (primary N) is 1. The first-order valence-corrected chi connectivity index (χ1v) is 8.06. The first-order valence-electron chi connectivity index (χ1n) is 6.39. The molecule has 0 aliphatic heterocycles. The summed E-state index contributed by atoms with van der Waals surface area (Å²) in [7, 11) is 0. The fraction of sp³-hybridized carbons (Fsp3) is 0.692. The van der Waals surface area contributed by atoms with Gasteiger partial charge in [-0.3, -0.25) is 0 Å². The van der Waals surface area contributed by atoms with Gasteiger partial charge in [-0.1, -0.05) is 25.7 Å². The van der Waals surface area contributed by atoms with E-state index in [0.717, 1.165) is 4.47 Å². The number of halogens is 1. The highest BCUT2D eigenvalue weighted by atomic mass is 79.9. The second kappa shape index (κ2) is 6.88. The van der Waals surface area contributed by atoms with Gasteiger partial charge in [0.25, 0.3) is 0 Å². The van der Waals surface area contributed by atoms with E-state index in [1.807, 2.05) is 0 Å². The van der Waals surface area contributed by atoms with Crippen LogP contribution in [0.4, 0.5) is 0 Å². The number of thiophene rings is 1. The second-order valence-electron chi connectivity index (χ2n) is 4.64. The van der Waals surface area contributed by atoms with E-state index in [4.69, 9.17) is 10.5 Å². The van der Waals surface area contributed by atoms with Gasteiger partial charge in [-0.25, -0.2) is 0 Å². The van der Waals surface area contributed by atoms with Crippen molar-refractivity contribution in [3.05, 3.63) is 20.8 Å². The zero-order valence-electron chi connectivity index (χ0n) is 10.0. The SMILES string of the molecule is NCC(OC1CCCCCC1)c1cc(Br)cs1. The van der Waals surface area contributed by atoms with Crippen molar-refractivity contribution in [1.29, 1.82) is 0 Å². The maximum atomic E-state index is 6.18. The van der Waals surface area contributed by atoms with E-state index >= 15 is 0 Å². The fourth-order valence-corrected chi connectivity index (χ4v) is 3.84. The molecule has 2 nitrogen and oxygen atoms in total. The van der Waals surface area contributed by atoms with Crippen molar-refractivity contribution in [1.82, 2.24) is 0 Å². The molecule has 4 heteroatoms. The molecule has 96 valence electrons. The van der Waals surface area contributed by atoms with Crippen LogP contribution in [0.25, 0.3) is 0 Å². The molecule has 2 N–H and O–H groups in total. The third kappa shape index (κ3) is 4.05. The number of hydrogen-bond donors (Lipinski definition) is 1. The van der Waals surface area contributed by atoms with Crippen LogP contribution in [0.15, 0.2) is 15.9 Å². The van der Waals surface area contributed by atoms with Gasteiger partial charge in [-0.05, 0) is 34.8 Å². The maximum absolute atomic E-state index is 6.18. The summed E-state index contributed by atoms with van der Waals surface area (Å²) >= 11 is 5.21. The zero-order chi connectivity index (χ0) is 12.1. The molecule has 0 amide bonds. The van der Waals surface area contributed by atoms with E-state index in [-0.39, 0.29) is 6.10 Å². The van der Waals surface area contributed by atoms with Gasteiger partial charge in [0.2, 0.25) is 0 Å². The highest BCUT2D eigenvalue weighted by Crippen LogP contribution is 2.30.